The summed E-state index contributed by atoms with van der Waals surface area (Å²) < 4.78 is 6.11. The molecule has 0 aliphatic heterocycles. The third-order valence-electron chi connectivity index (χ3n) is 5.65. The van der Waals surface area contributed by atoms with Crippen molar-refractivity contribution in [2.45, 2.75) is 5.92 Å². The normalized spacial score (nSPS) is 12.2. The summed E-state index contributed by atoms with van der Waals surface area (Å²) in [6.07, 6.45) is -0.697. The Balaban J connectivity index is 1.37. The van der Waals surface area contributed by atoms with E-state index in [0.717, 1.165) is 44.0 Å². The van der Waals surface area contributed by atoms with E-state index in [0.29, 0.717) is 4.47 Å². The summed E-state index contributed by atoms with van der Waals surface area (Å²) >= 11 is 4.57. The molecule has 1 aliphatic rings. The van der Waals surface area contributed by atoms with Gasteiger partial charge in [0.25, 0.3) is 0 Å². The van der Waals surface area contributed by atoms with Gasteiger partial charge >= 0.3 is 12.1 Å². The molecule has 5 nitrogen and oxygen atoms in total. The van der Waals surface area contributed by atoms with Gasteiger partial charge in [-0.3, -0.25) is 5.32 Å². The Morgan fingerprint density at radius 3 is 2.09 bits per heavy atom. The van der Waals surface area contributed by atoms with Crippen LogP contribution in [0.15, 0.2) is 83.3 Å². The van der Waals surface area contributed by atoms with Gasteiger partial charge in [0, 0.05) is 5.92 Å². The topological polar surface area (TPSA) is 75.6 Å². The molecule has 0 saturated carbocycles. The zero-order valence-corrected chi connectivity index (χ0v) is 19.7. The first-order valence-electron chi connectivity index (χ1n) is 10.3. The number of carbonyl (C=O) groups excluding carboxylic acids is 1. The van der Waals surface area contributed by atoms with Gasteiger partial charge < -0.3 is 9.84 Å². The number of fused-ring (bicyclic) bond motifs is 3. The Kier molecular flexibility index (Phi) is 5.74. The predicted molar refractivity (Wildman–Crippen MR) is 133 cm³/mol. The number of carbonyl (C=O) groups is 2. The van der Waals surface area contributed by atoms with Crippen LogP contribution in [0.3, 0.4) is 0 Å². The van der Waals surface area contributed by atoms with E-state index in [-0.39, 0.29) is 23.1 Å². The lowest BCUT2D eigenvalue weighted by Gasteiger charge is -2.14. The first-order valence-corrected chi connectivity index (χ1v) is 11.9. The minimum absolute atomic E-state index is 0.0363. The number of aromatic carboxylic acids is 1. The Bertz CT molecular complexity index is 1320. The van der Waals surface area contributed by atoms with E-state index < -0.39 is 12.1 Å². The van der Waals surface area contributed by atoms with Gasteiger partial charge in [0.2, 0.25) is 0 Å². The summed E-state index contributed by atoms with van der Waals surface area (Å²) in [5, 5.41) is 12.3. The van der Waals surface area contributed by atoms with Crippen LogP contribution in [0.5, 0.6) is 0 Å². The molecule has 1 heterocycles. The highest BCUT2D eigenvalue weighted by Gasteiger charge is 2.30. The van der Waals surface area contributed by atoms with Gasteiger partial charge in [-0.15, -0.1) is 11.3 Å². The summed E-state index contributed by atoms with van der Waals surface area (Å²) in [4.78, 5) is 25.3. The molecule has 1 aliphatic carbocycles. The van der Waals surface area contributed by atoms with Crippen LogP contribution in [0.4, 0.5) is 10.5 Å². The van der Waals surface area contributed by atoms with Crippen LogP contribution in [0, 0.1) is 0 Å². The van der Waals surface area contributed by atoms with Crippen molar-refractivity contribution in [3.8, 4) is 21.6 Å². The summed E-state index contributed by atoms with van der Waals surface area (Å²) in [6, 6.07) is 25.6. The third-order valence-corrected chi connectivity index (χ3v) is 7.93. The van der Waals surface area contributed by atoms with Crippen molar-refractivity contribution in [2.75, 3.05) is 11.9 Å². The van der Waals surface area contributed by atoms with Crippen molar-refractivity contribution in [1.82, 2.24) is 0 Å². The third kappa shape index (κ3) is 3.94. The number of benzene rings is 3. The first kappa shape index (κ1) is 21.4. The highest BCUT2D eigenvalue weighted by molar-refractivity contribution is 9.10. The lowest BCUT2D eigenvalue weighted by molar-refractivity contribution is 0.0703. The van der Waals surface area contributed by atoms with E-state index in [1.807, 2.05) is 66.7 Å². The lowest BCUT2D eigenvalue weighted by atomic mass is 9.98. The molecular formula is C26H18BrNO4S. The van der Waals surface area contributed by atoms with Crippen LogP contribution in [0.2, 0.25) is 0 Å². The van der Waals surface area contributed by atoms with E-state index in [2.05, 4.69) is 33.4 Å². The average molecular weight is 520 g/mol. The lowest BCUT2D eigenvalue weighted by Crippen LogP contribution is -2.19. The van der Waals surface area contributed by atoms with Gasteiger partial charge in [-0.1, -0.05) is 78.9 Å². The molecule has 4 aromatic rings. The van der Waals surface area contributed by atoms with Crippen LogP contribution in [-0.2, 0) is 4.74 Å². The number of rotatable bonds is 5. The van der Waals surface area contributed by atoms with E-state index in [9.17, 15) is 14.7 Å². The van der Waals surface area contributed by atoms with Crippen molar-refractivity contribution in [3.05, 3.63) is 99.3 Å². The van der Waals surface area contributed by atoms with Crippen molar-refractivity contribution in [1.29, 1.82) is 0 Å². The second-order valence-electron chi connectivity index (χ2n) is 7.57. The van der Waals surface area contributed by atoms with Crippen LogP contribution < -0.4 is 5.32 Å². The number of ether oxygens (including phenoxy) is 1. The van der Waals surface area contributed by atoms with E-state index >= 15 is 0 Å². The Morgan fingerprint density at radius 2 is 1.48 bits per heavy atom. The molecule has 2 N–H and O–H groups in total. The predicted octanol–water partition coefficient (Wildman–Crippen LogP) is 7.24. The van der Waals surface area contributed by atoms with Crippen molar-refractivity contribution >= 4 is 45.0 Å². The second-order valence-corrected chi connectivity index (χ2v) is 9.38. The Hall–Kier alpha value is -3.42. The molecule has 7 heteroatoms. The molecule has 0 saturated heterocycles. The van der Waals surface area contributed by atoms with Crippen LogP contribution in [-0.4, -0.2) is 23.8 Å². The second kappa shape index (κ2) is 8.84. The van der Waals surface area contributed by atoms with Crippen LogP contribution >= 0.6 is 27.3 Å². The molecule has 0 unspecified atom stereocenters. The molecule has 1 aromatic heterocycles. The van der Waals surface area contributed by atoms with Crippen molar-refractivity contribution in [2.24, 2.45) is 0 Å². The maximum Gasteiger partial charge on any atom is 0.411 e. The van der Waals surface area contributed by atoms with Gasteiger partial charge in [-0.25, -0.2) is 9.59 Å². The van der Waals surface area contributed by atoms with Crippen LogP contribution in [0.1, 0.15) is 26.7 Å². The molecule has 0 fully saturated rings. The van der Waals surface area contributed by atoms with Gasteiger partial charge in [-0.05, 0) is 43.7 Å². The number of hydrogen-bond donors (Lipinski definition) is 2. The van der Waals surface area contributed by atoms with E-state index in [1.165, 1.54) is 0 Å². The van der Waals surface area contributed by atoms with Gasteiger partial charge in [-0.2, -0.15) is 0 Å². The molecule has 5 rings (SSSR count). The minimum Gasteiger partial charge on any atom is -0.477 e. The fourth-order valence-electron chi connectivity index (χ4n) is 4.19. The van der Waals surface area contributed by atoms with Gasteiger partial charge in [0.05, 0.1) is 15.0 Å². The van der Waals surface area contributed by atoms with Crippen molar-refractivity contribution < 1.29 is 19.4 Å². The highest BCUT2D eigenvalue weighted by Crippen LogP contribution is 2.45. The maximum atomic E-state index is 12.7. The molecular weight excluding hydrogens is 502 g/mol. The molecule has 3 aromatic carbocycles. The molecule has 1 amide bonds. The van der Waals surface area contributed by atoms with Gasteiger partial charge in [0.15, 0.2) is 0 Å². The van der Waals surface area contributed by atoms with Crippen LogP contribution in [0.25, 0.3) is 21.6 Å². The standard InChI is InChI=1S/C26H18BrNO4S/c27-21-22(24(25(29)30)33-23(21)15-8-2-1-3-9-15)28-26(31)32-14-20-18-12-6-4-10-16(18)17-11-5-7-13-19(17)20/h1-13,20H,14H2,(H,28,31)(H,29,30). The van der Waals surface area contributed by atoms with Gasteiger partial charge in [0.1, 0.15) is 11.5 Å². The Morgan fingerprint density at radius 1 is 0.909 bits per heavy atom. The number of halogens is 1. The number of anilines is 1. The minimum atomic E-state index is -1.11. The smallest absolute Gasteiger partial charge is 0.411 e. The highest BCUT2D eigenvalue weighted by atomic mass is 79.9. The molecule has 0 atom stereocenters. The Labute approximate surface area is 202 Å². The number of amides is 1. The molecule has 33 heavy (non-hydrogen) atoms. The number of thiophene rings is 1. The largest absolute Gasteiger partial charge is 0.477 e. The fraction of sp³-hybridized carbons (Fsp3) is 0.0769. The first-order chi connectivity index (χ1) is 16.0. The number of hydrogen-bond acceptors (Lipinski definition) is 4. The molecule has 0 radical (unpaired) electrons. The fourth-order valence-corrected chi connectivity index (χ4v) is 6.08. The summed E-state index contributed by atoms with van der Waals surface area (Å²) in [7, 11) is 0. The molecule has 0 bridgehead atoms. The average Bonchev–Trinajstić information content (AvgIpc) is 3.33. The van der Waals surface area contributed by atoms with E-state index in [4.69, 9.17) is 4.74 Å². The summed E-state index contributed by atoms with van der Waals surface area (Å²) in [6.45, 7) is 0.148. The maximum absolute atomic E-state index is 12.7. The summed E-state index contributed by atoms with van der Waals surface area (Å²) in [5.74, 6) is -1.19. The number of carboxylic acid groups (broad SMARTS) is 1. The SMILES string of the molecule is O=C(Nc1c(C(=O)O)sc(-c2ccccc2)c1Br)OCC1c2ccccc2-c2ccccc21. The molecule has 164 valence electrons. The summed E-state index contributed by atoms with van der Waals surface area (Å²) in [5.41, 5.74) is 5.56. The van der Waals surface area contributed by atoms with Crippen molar-refractivity contribution in [3.63, 3.8) is 0 Å². The number of nitrogens with one attached hydrogen (secondary N) is 1. The van der Waals surface area contributed by atoms with E-state index in [1.54, 1.807) is 0 Å². The zero-order chi connectivity index (χ0) is 22.9. The molecule has 0 spiro atoms. The monoisotopic (exact) mass is 519 g/mol. The number of carboxylic acids is 1. The quantitative estimate of drug-likeness (QED) is 0.291. The zero-order valence-electron chi connectivity index (χ0n) is 17.2.